The van der Waals surface area contributed by atoms with Gasteiger partial charge >= 0.3 is 0 Å². The van der Waals surface area contributed by atoms with Crippen molar-refractivity contribution in [3.8, 4) is 5.88 Å². The molecule has 0 amide bonds. The average Bonchev–Trinajstić information content (AvgIpc) is 2.39. The molecular formula is C13H13FIN3O. The van der Waals surface area contributed by atoms with E-state index in [2.05, 4.69) is 37.9 Å². The first-order valence-corrected chi connectivity index (χ1v) is 6.95. The summed E-state index contributed by atoms with van der Waals surface area (Å²) < 4.78 is 19.4. The van der Waals surface area contributed by atoms with Crippen LogP contribution in [-0.2, 0) is 0 Å². The maximum absolute atomic E-state index is 13.1. The molecule has 0 aliphatic rings. The van der Waals surface area contributed by atoms with Gasteiger partial charge in [0.05, 0.1) is 10.2 Å². The molecule has 1 aromatic heterocycles. The highest BCUT2D eigenvalue weighted by molar-refractivity contribution is 14.1. The number of nitrogens with zero attached hydrogens (tertiary/aromatic N) is 2. The second-order valence-electron chi connectivity index (χ2n) is 3.83. The van der Waals surface area contributed by atoms with Gasteiger partial charge in [-0.3, -0.25) is 0 Å². The maximum atomic E-state index is 13.1. The van der Waals surface area contributed by atoms with Gasteiger partial charge < -0.3 is 10.1 Å². The zero-order valence-corrected chi connectivity index (χ0v) is 12.5. The lowest BCUT2D eigenvalue weighted by molar-refractivity contribution is 0.303. The Morgan fingerprint density at radius 3 is 3.00 bits per heavy atom. The summed E-state index contributed by atoms with van der Waals surface area (Å²) in [6.07, 6.45) is 2.58. The molecule has 19 heavy (non-hydrogen) atoms. The van der Waals surface area contributed by atoms with Crippen LogP contribution in [0.3, 0.4) is 0 Å². The van der Waals surface area contributed by atoms with E-state index in [0.29, 0.717) is 24.1 Å². The molecule has 0 fully saturated rings. The highest BCUT2D eigenvalue weighted by atomic mass is 127. The van der Waals surface area contributed by atoms with E-state index < -0.39 is 0 Å². The van der Waals surface area contributed by atoms with Gasteiger partial charge in [0.1, 0.15) is 5.82 Å². The van der Waals surface area contributed by atoms with Crippen molar-refractivity contribution in [2.24, 2.45) is 0 Å². The lowest BCUT2D eigenvalue weighted by Gasteiger charge is -2.09. The van der Waals surface area contributed by atoms with Crippen LogP contribution in [0.25, 0.3) is 0 Å². The summed E-state index contributed by atoms with van der Waals surface area (Å²) in [4.78, 5) is 8.40. The minimum atomic E-state index is -0.307. The maximum Gasteiger partial charge on any atom is 0.232 e. The van der Waals surface area contributed by atoms with Crippen LogP contribution >= 0.6 is 22.6 Å². The lowest BCUT2D eigenvalue weighted by Crippen LogP contribution is -2.03. The average molecular weight is 373 g/mol. The van der Waals surface area contributed by atoms with Gasteiger partial charge in [0, 0.05) is 11.9 Å². The largest absolute Gasteiger partial charge is 0.477 e. The third-order valence-electron chi connectivity index (χ3n) is 2.24. The second kappa shape index (κ2) is 6.65. The Kier molecular flexibility index (Phi) is 4.89. The first kappa shape index (κ1) is 14.0. The first-order chi connectivity index (χ1) is 9.19. The number of aromatic nitrogens is 2. The first-order valence-electron chi connectivity index (χ1n) is 5.87. The van der Waals surface area contributed by atoms with E-state index in [9.17, 15) is 4.39 Å². The number of halogens is 2. The monoisotopic (exact) mass is 373 g/mol. The van der Waals surface area contributed by atoms with Crippen molar-refractivity contribution < 1.29 is 9.13 Å². The molecule has 0 aliphatic heterocycles. The van der Waals surface area contributed by atoms with Crippen LogP contribution in [0, 0.1) is 9.39 Å². The fourth-order valence-electron chi connectivity index (χ4n) is 1.41. The number of rotatable bonds is 5. The molecule has 1 heterocycles. The molecule has 100 valence electrons. The molecule has 0 bridgehead atoms. The zero-order valence-electron chi connectivity index (χ0n) is 10.4. The topological polar surface area (TPSA) is 47.0 Å². The van der Waals surface area contributed by atoms with Crippen LogP contribution < -0.4 is 10.1 Å². The van der Waals surface area contributed by atoms with E-state index in [4.69, 9.17) is 4.74 Å². The van der Waals surface area contributed by atoms with Crippen molar-refractivity contribution in [3.63, 3.8) is 0 Å². The van der Waals surface area contributed by atoms with Gasteiger partial charge in [0.15, 0.2) is 0 Å². The molecule has 0 saturated carbocycles. The molecule has 2 aromatic rings. The van der Waals surface area contributed by atoms with Crippen molar-refractivity contribution in [1.82, 2.24) is 9.97 Å². The number of hydrogen-bond acceptors (Lipinski definition) is 4. The third kappa shape index (κ3) is 4.02. The molecule has 0 saturated heterocycles. The summed E-state index contributed by atoms with van der Waals surface area (Å²) in [7, 11) is 0. The fourth-order valence-corrected chi connectivity index (χ4v) is 1.82. The van der Waals surface area contributed by atoms with Crippen LogP contribution in [0.1, 0.15) is 13.3 Å². The summed E-state index contributed by atoms with van der Waals surface area (Å²) in [5.74, 6) is 0.617. The van der Waals surface area contributed by atoms with Crippen LogP contribution in [0.2, 0.25) is 0 Å². The van der Waals surface area contributed by atoms with E-state index in [1.54, 1.807) is 18.3 Å². The van der Waals surface area contributed by atoms with E-state index in [0.717, 1.165) is 9.99 Å². The minimum Gasteiger partial charge on any atom is -0.477 e. The van der Waals surface area contributed by atoms with Gasteiger partial charge in [0.2, 0.25) is 11.8 Å². The van der Waals surface area contributed by atoms with E-state index in [1.807, 2.05) is 6.92 Å². The molecular weight excluding hydrogens is 360 g/mol. The molecule has 1 aromatic carbocycles. The molecule has 0 aliphatic carbocycles. The third-order valence-corrected chi connectivity index (χ3v) is 2.98. The Balaban J connectivity index is 2.16. The minimum absolute atomic E-state index is 0.307. The quantitative estimate of drug-likeness (QED) is 0.811. The molecule has 0 radical (unpaired) electrons. The van der Waals surface area contributed by atoms with Gasteiger partial charge in [-0.1, -0.05) is 13.0 Å². The van der Waals surface area contributed by atoms with Gasteiger partial charge in [-0.25, -0.2) is 9.37 Å². The number of hydrogen-bond donors (Lipinski definition) is 1. The van der Waals surface area contributed by atoms with E-state index in [-0.39, 0.29) is 5.82 Å². The molecule has 4 nitrogen and oxygen atoms in total. The summed E-state index contributed by atoms with van der Waals surface area (Å²) in [5.41, 5.74) is 0.600. The van der Waals surface area contributed by atoms with Crippen molar-refractivity contribution in [1.29, 1.82) is 0 Å². The molecule has 0 atom stereocenters. The second-order valence-corrected chi connectivity index (χ2v) is 4.99. The van der Waals surface area contributed by atoms with Gasteiger partial charge in [-0.2, -0.15) is 4.98 Å². The molecule has 0 unspecified atom stereocenters. The smallest absolute Gasteiger partial charge is 0.232 e. The normalized spacial score (nSPS) is 10.3. The molecule has 1 N–H and O–H groups in total. The lowest BCUT2D eigenvalue weighted by atomic mass is 10.3. The summed E-state index contributed by atoms with van der Waals surface area (Å²) in [6, 6.07) is 6.14. The van der Waals surface area contributed by atoms with Crippen molar-refractivity contribution in [3.05, 3.63) is 39.8 Å². The van der Waals surface area contributed by atoms with E-state index >= 15 is 0 Å². The standard InChI is InChI=1S/C13H13FIN3O/c1-2-6-19-12-11(15)8-16-13(18-12)17-10-5-3-4-9(14)7-10/h3-5,7-8H,2,6H2,1H3,(H,16,17,18). The van der Waals surface area contributed by atoms with Gasteiger partial charge in [-0.05, 0) is 47.2 Å². The van der Waals surface area contributed by atoms with Crippen LogP contribution in [-0.4, -0.2) is 16.6 Å². The van der Waals surface area contributed by atoms with Crippen LogP contribution in [0.15, 0.2) is 30.5 Å². The number of ether oxygens (including phenoxy) is 1. The zero-order chi connectivity index (χ0) is 13.7. The predicted octanol–water partition coefficient (Wildman–Crippen LogP) is 3.75. The molecule has 0 spiro atoms. The Hall–Kier alpha value is -1.44. The molecule has 2 rings (SSSR count). The van der Waals surface area contributed by atoms with Crippen molar-refractivity contribution in [2.75, 3.05) is 11.9 Å². The number of benzene rings is 1. The predicted molar refractivity (Wildman–Crippen MR) is 80.2 cm³/mol. The van der Waals surface area contributed by atoms with Crippen LogP contribution in [0.4, 0.5) is 16.0 Å². The van der Waals surface area contributed by atoms with Crippen LogP contribution in [0.5, 0.6) is 5.88 Å². The summed E-state index contributed by atoms with van der Waals surface area (Å²) >= 11 is 2.12. The fraction of sp³-hybridized carbons (Fsp3) is 0.231. The SMILES string of the molecule is CCCOc1nc(Nc2cccc(F)c2)ncc1I. The number of anilines is 2. The Morgan fingerprint density at radius 2 is 2.26 bits per heavy atom. The summed E-state index contributed by atoms with van der Waals surface area (Å²) in [6.45, 7) is 2.63. The summed E-state index contributed by atoms with van der Waals surface area (Å²) in [5, 5.41) is 2.94. The van der Waals surface area contributed by atoms with Gasteiger partial charge in [0.25, 0.3) is 0 Å². The Labute approximate surface area is 124 Å². The highest BCUT2D eigenvalue weighted by Crippen LogP contribution is 2.21. The Bertz CT molecular complexity index is 565. The van der Waals surface area contributed by atoms with Crippen molar-refractivity contribution >= 4 is 34.2 Å². The van der Waals surface area contributed by atoms with Crippen molar-refractivity contribution in [2.45, 2.75) is 13.3 Å². The molecule has 6 heteroatoms. The van der Waals surface area contributed by atoms with Gasteiger partial charge in [-0.15, -0.1) is 0 Å². The van der Waals surface area contributed by atoms with E-state index in [1.165, 1.54) is 12.1 Å². The Morgan fingerprint density at radius 1 is 1.42 bits per heavy atom. The number of nitrogens with one attached hydrogen (secondary N) is 1. The highest BCUT2D eigenvalue weighted by Gasteiger charge is 2.06.